The molecule has 2 aromatic carbocycles. The fourth-order valence-electron chi connectivity index (χ4n) is 5.82. The van der Waals surface area contributed by atoms with Crippen LogP contribution in [0.2, 0.25) is 5.02 Å². The number of fused-ring (bicyclic) bond motifs is 3. The van der Waals surface area contributed by atoms with Gasteiger partial charge in [-0.25, -0.2) is 0 Å². The third kappa shape index (κ3) is 5.67. The van der Waals surface area contributed by atoms with Crippen LogP contribution >= 0.6 is 11.6 Å². The van der Waals surface area contributed by atoms with Gasteiger partial charge in [0.25, 0.3) is 5.69 Å². The molecule has 11 heteroatoms. The Kier molecular flexibility index (Phi) is 8.21. The van der Waals surface area contributed by atoms with Crippen LogP contribution in [0.5, 0.6) is 5.75 Å². The first-order chi connectivity index (χ1) is 18.4. The highest BCUT2D eigenvalue weighted by Crippen LogP contribution is 2.40. The Labute approximate surface area is 227 Å². The van der Waals surface area contributed by atoms with Gasteiger partial charge in [0.2, 0.25) is 5.91 Å². The lowest BCUT2D eigenvalue weighted by molar-refractivity contribution is -0.384. The Morgan fingerprint density at radius 2 is 1.97 bits per heavy atom. The number of hydrogen-bond acceptors (Lipinski definition) is 8. The topological polar surface area (TPSA) is 100 Å². The van der Waals surface area contributed by atoms with Gasteiger partial charge < -0.3 is 24.6 Å². The van der Waals surface area contributed by atoms with Crippen molar-refractivity contribution in [2.45, 2.75) is 18.9 Å². The molecule has 2 fully saturated rings. The van der Waals surface area contributed by atoms with E-state index in [4.69, 9.17) is 21.1 Å². The molecule has 3 heterocycles. The molecule has 3 aliphatic rings. The van der Waals surface area contributed by atoms with Crippen LogP contribution in [0.15, 0.2) is 36.4 Å². The number of nitro benzene ring substituents is 1. The van der Waals surface area contributed by atoms with Crippen LogP contribution < -0.4 is 19.9 Å². The van der Waals surface area contributed by atoms with Crippen molar-refractivity contribution in [1.29, 1.82) is 0 Å². The number of methoxy groups -OCH3 is 1. The van der Waals surface area contributed by atoms with Gasteiger partial charge in [0.15, 0.2) is 0 Å². The molecule has 0 bridgehead atoms. The second-order valence-corrected chi connectivity index (χ2v) is 10.4. The van der Waals surface area contributed by atoms with Crippen molar-refractivity contribution in [3.05, 3.63) is 57.1 Å². The Bertz CT molecular complexity index is 1170. The number of rotatable bonds is 8. The molecule has 0 aliphatic carbocycles. The van der Waals surface area contributed by atoms with Gasteiger partial charge in [0, 0.05) is 62.1 Å². The molecule has 2 atom stereocenters. The van der Waals surface area contributed by atoms with Gasteiger partial charge in [-0.15, -0.1) is 0 Å². The van der Waals surface area contributed by atoms with Crippen molar-refractivity contribution in [2.24, 2.45) is 5.92 Å². The van der Waals surface area contributed by atoms with Crippen molar-refractivity contribution in [3.8, 4) is 5.75 Å². The number of nitrogens with zero attached hydrogens (tertiary/aromatic N) is 4. The van der Waals surface area contributed by atoms with Crippen LogP contribution in [0.1, 0.15) is 12.0 Å². The third-order valence-electron chi connectivity index (χ3n) is 7.78. The summed E-state index contributed by atoms with van der Waals surface area (Å²) < 4.78 is 11.0. The van der Waals surface area contributed by atoms with Crippen molar-refractivity contribution in [3.63, 3.8) is 0 Å². The van der Waals surface area contributed by atoms with Crippen LogP contribution in [0.3, 0.4) is 0 Å². The number of halogens is 1. The molecule has 38 heavy (non-hydrogen) atoms. The lowest BCUT2D eigenvalue weighted by atomic mass is 9.83. The summed E-state index contributed by atoms with van der Waals surface area (Å²) in [6, 6.07) is 10.5. The van der Waals surface area contributed by atoms with E-state index < -0.39 is 0 Å². The highest BCUT2D eigenvalue weighted by Gasteiger charge is 2.42. The summed E-state index contributed by atoms with van der Waals surface area (Å²) >= 11 is 6.32. The van der Waals surface area contributed by atoms with E-state index in [1.165, 1.54) is 0 Å². The SMILES string of the molecule is COc1ccc(Cl)cc1N1CCN2c3ccc([N+](=O)[O-])cc3C[C@@H](C(=O)NCCCN3CCOCC3)[C@@H]2C1. The Hall–Kier alpha value is -3.08. The number of nitrogens with one attached hydrogen (secondary N) is 1. The largest absolute Gasteiger partial charge is 0.495 e. The highest BCUT2D eigenvalue weighted by molar-refractivity contribution is 6.31. The molecule has 1 amide bonds. The van der Waals surface area contributed by atoms with Crippen LogP contribution in [-0.4, -0.2) is 87.9 Å². The number of non-ortho nitro benzene ring substituents is 1. The van der Waals surface area contributed by atoms with Crippen LogP contribution in [-0.2, 0) is 16.0 Å². The van der Waals surface area contributed by atoms with E-state index in [0.29, 0.717) is 37.6 Å². The van der Waals surface area contributed by atoms with Gasteiger partial charge in [0.1, 0.15) is 5.75 Å². The molecular weight excluding hydrogens is 510 g/mol. The summed E-state index contributed by atoms with van der Waals surface area (Å²) in [5.74, 6) is 0.374. The lowest BCUT2D eigenvalue weighted by Crippen LogP contribution is -2.61. The summed E-state index contributed by atoms with van der Waals surface area (Å²) in [4.78, 5) is 31.5. The van der Waals surface area contributed by atoms with Crippen molar-refractivity contribution in [1.82, 2.24) is 10.2 Å². The maximum absolute atomic E-state index is 13.6. The summed E-state index contributed by atoms with van der Waals surface area (Å²) in [5.41, 5.74) is 2.76. The summed E-state index contributed by atoms with van der Waals surface area (Å²) in [6.07, 6.45) is 1.31. The smallest absolute Gasteiger partial charge is 0.269 e. The number of piperazine rings is 1. The van der Waals surface area contributed by atoms with E-state index in [0.717, 1.165) is 62.0 Å². The summed E-state index contributed by atoms with van der Waals surface area (Å²) in [7, 11) is 1.64. The predicted octanol–water partition coefficient (Wildman–Crippen LogP) is 2.96. The first-order valence-electron chi connectivity index (χ1n) is 13.1. The van der Waals surface area contributed by atoms with Crippen LogP contribution in [0, 0.1) is 16.0 Å². The summed E-state index contributed by atoms with van der Waals surface area (Å²) in [6.45, 7) is 6.85. The quantitative estimate of drug-likeness (QED) is 0.308. The minimum Gasteiger partial charge on any atom is -0.495 e. The van der Waals surface area contributed by atoms with Crippen molar-refractivity contribution < 1.29 is 19.2 Å². The normalized spacial score (nSPS) is 21.4. The maximum Gasteiger partial charge on any atom is 0.269 e. The Morgan fingerprint density at radius 1 is 1.16 bits per heavy atom. The Balaban J connectivity index is 1.35. The second kappa shape index (κ2) is 11.8. The number of benzene rings is 2. The molecule has 3 aliphatic heterocycles. The fourth-order valence-corrected chi connectivity index (χ4v) is 5.99. The number of morpholine rings is 1. The maximum atomic E-state index is 13.6. The van der Waals surface area contributed by atoms with Crippen LogP contribution in [0.4, 0.5) is 17.1 Å². The van der Waals surface area contributed by atoms with Gasteiger partial charge in [-0.2, -0.15) is 0 Å². The van der Waals surface area contributed by atoms with E-state index in [9.17, 15) is 14.9 Å². The second-order valence-electron chi connectivity index (χ2n) is 10.0. The molecule has 5 rings (SSSR count). The first-order valence-corrected chi connectivity index (χ1v) is 13.5. The third-order valence-corrected chi connectivity index (χ3v) is 8.01. The molecule has 0 spiro atoms. The van der Waals surface area contributed by atoms with Crippen molar-refractivity contribution in [2.75, 3.05) is 75.9 Å². The van der Waals surface area contributed by atoms with E-state index in [1.807, 2.05) is 18.2 Å². The molecule has 10 nitrogen and oxygen atoms in total. The Morgan fingerprint density at radius 3 is 2.74 bits per heavy atom. The van der Waals surface area contributed by atoms with Gasteiger partial charge >= 0.3 is 0 Å². The molecule has 0 saturated carbocycles. The highest BCUT2D eigenvalue weighted by atomic mass is 35.5. The van der Waals surface area contributed by atoms with E-state index in [1.54, 1.807) is 25.3 Å². The van der Waals surface area contributed by atoms with E-state index in [-0.39, 0.29) is 28.5 Å². The monoisotopic (exact) mass is 543 g/mol. The fraction of sp³-hybridized carbons (Fsp3) is 0.519. The van der Waals surface area contributed by atoms with E-state index >= 15 is 0 Å². The molecular formula is C27H34ClN5O5. The molecule has 1 N–H and O–H groups in total. The molecule has 0 radical (unpaired) electrons. The average Bonchev–Trinajstić information content (AvgIpc) is 2.94. The number of hydrogen-bond donors (Lipinski definition) is 1. The minimum atomic E-state index is -0.379. The number of ether oxygens (including phenoxy) is 2. The molecule has 2 aromatic rings. The number of carbonyl (C=O) groups excluding carboxylic acids is 1. The van der Waals surface area contributed by atoms with Crippen molar-refractivity contribution >= 4 is 34.6 Å². The first kappa shape index (κ1) is 26.5. The molecule has 2 saturated heterocycles. The van der Waals surface area contributed by atoms with Gasteiger partial charge in [-0.3, -0.25) is 19.8 Å². The zero-order valence-electron chi connectivity index (χ0n) is 21.6. The van der Waals surface area contributed by atoms with Gasteiger partial charge in [0.05, 0.1) is 42.9 Å². The zero-order valence-corrected chi connectivity index (χ0v) is 22.4. The van der Waals surface area contributed by atoms with Crippen LogP contribution in [0.25, 0.3) is 0 Å². The number of carbonyl (C=O) groups is 1. The standard InChI is InChI=1S/C27H34ClN5O5/c1-37-26-6-3-20(28)17-24(26)31-9-10-32-23-5-4-21(33(35)36)15-19(23)16-22(25(32)18-31)27(34)29-7-2-8-30-11-13-38-14-12-30/h3-6,15,17,22,25H,2,7-14,16,18H2,1H3,(H,29,34)/t22-,25+/m1/s1. The zero-order chi connectivity index (χ0) is 26.6. The number of anilines is 2. The molecule has 0 aromatic heterocycles. The van der Waals surface area contributed by atoms with Gasteiger partial charge in [-0.05, 0) is 49.2 Å². The summed E-state index contributed by atoms with van der Waals surface area (Å²) in [5, 5.41) is 15.2. The number of amides is 1. The van der Waals surface area contributed by atoms with Gasteiger partial charge in [-0.1, -0.05) is 11.6 Å². The minimum absolute atomic E-state index is 0.0148. The predicted molar refractivity (Wildman–Crippen MR) is 147 cm³/mol. The lowest BCUT2D eigenvalue weighted by Gasteiger charge is -2.49. The average molecular weight is 544 g/mol. The van der Waals surface area contributed by atoms with E-state index in [2.05, 4.69) is 20.0 Å². The number of nitro groups is 1. The molecule has 0 unspecified atom stereocenters. The molecule has 204 valence electrons.